The van der Waals surface area contributed by atoms with Gasteiger partial charge in [0.2, 0.25) is 0 Å². The predicted octanol–water partition coefficient (Wildman–Crippen LogP) is 3.77. The van der Waals surface area contributed by atoms with E-state index in [0.29, 0.717) is 42.8 Å². The number of rotatable bonds is 7. The molecule has 0 radical (unpaired) electrons. The smallest absolute Gasteiger partial charge is 0.251 e. The maximum absolute atomic E-state index is 12.7. The van der Waals surface area contributed by atoms with E-state index in [1.54, 1.807) is 12.3 Å². The SMILES string of the molecule is CCC(=Nc1cnn(C2CCN(C(C)C)CC2)c1)c1c(O)[nH]c2ccc(C(=O)NC3COC3)cc12. The van der Waals surface area contributed by atoms with E-state index in [4.69, 9.17) is 9.73 Å². The van der Waals surface area contributed by atoms with Crippen LogP contribution in [0.1, 0.15) is 62.0 Å². The zero-order valence-electron chi connectivity index (χ0n) is 20.6. The lowest BCUT2D eigenvalue weighted by Gasteiger charge is -2.34. The summed E-state index contributed by atoms with van der Waals surface area (Å²) >= 11 is 0. The molecule has 9 heteroatoms. The predicted molar refractivity (Wildman–Crippen MR) is 136 cm³/mol. The Hall–Kier alpha value is -3.17. The molecule has 186 valence electrons. The van der Waals surface area contributed by atoms with Crippen molar-refractivity contribution < 1.29 is 14.6 Å². The second kappa shape index (κ2) is 9.83. The summed E-state index contributed by atoms with van der Waals surface area (Å²) in [5, 5.41) is 19.1. The molecule has 35 heavy (non-hydrogen) atoms. The van der Waals surface area contributed by atoms with Crippen molar-refractivity contribution in [2.75, 3.05) is 26.3 Å². The quantitative estimate of drug-likeness (QED) is 0.448. The molecule has 0 atom stereocenters. The maximum atomic E-state index is 12.7. The Morgan fingerprint density at radius 1 is 1.31 bits per heavy atom. The van der Waals surface area contributed by atoms with Crippen LogP contribution >= 0.6 is 0 Å². The van der Waals surface area contributed by atoms with Gasteiger partial charge < -0.3 is 25.0 Å². The topological polar surface area (TPSA) is 108 Å². The summed E-state index contributed by atoms with van der Waals surface area (Å²) in [5.41, 5.74) is 3.44. The summed E-state index contributed by atoms with van der Waals surface area (Å²) in [6.45, 7) is 9.74. The van der Waals surface area contributed by atoms with Gasteiger partial charge in [-0.05, 0) is 51.3 Å². The summed E-state index contributed by atoms with van der Waals surface area (Å²) in [4.78, 5) is 23.1. The minimum Gasteiger partial charge on any atom is -0.494 e. The van der Waals surface area contributed by atoms with Crippen LogP contribution in [-0.4, -0.2) is 74.8 Å². The first-order valence-corrected chi connectivity index (χ1v) is 12.5. The van der Waals surface area contributed by atoms with E-state index in [9.17, 15) is 9.90 Å². The number of piperidine rings is 1. The van der Waals surface area contributed by atoms with E-state index < -0.39 is 0 Å². The molecule has 2 saturated heterocycles. The molecule has 1 aromatic carbocycles. The molecule has 0 saturated carbocycles. The number of H-pyrrole nitrogens is 1. The highest BCUT2D eigenvalue weighted by Crippen LogP contribution is 2.31. The lowest BCUT2D eigenvalue weighted by molar-refractivity contribution is -0.00346. The molecule has 0 aliphatic carbocycles. The summed E-state index contributed by atoms with van der Waals surface area (Å²) in [7, 11) is 0. The molecule has 2 aliphatic rings. The summed E-state index contributed by atoms with van der Waals surface area (Å²) in [6, 6.07) is 6.39. The van der Waals surface area contributed by atoms with Gasteiger partial charge in [-0.25, -0.2) is 4.99 Å². The number of aromatic nitrogens is 3. The Kier molecular flexibility index (Phi) is 6.62. The molecule has 4 heterocycles. The van der Waals surface area contributed by atoms with E-state index in [-0.39, 0.29) is 17.8 Å². The van der Waals surface area contributed by atoms with Gasteiger partial charge in [0.25, 0.3) is 5.91 Å². The fraction of sp³-hybridized carbons (Fsp3) is 0.500. The number of hydrogen-bond donors (Lipinski definition) is 3. The van der Waals surface area contributed by atoms with Crippen molar-refractivity contribution in [1.82, 2.24) is 25.0 Å². The lowest BCUT2D eigenvalue weighted by atomic mass is 10.0. The van der Waals surface area contributed by atoms with Gasteiger partial charge in [0.05, 0.1) is 49.0 Å². The van der Waals surface area contributed by atoms with Crippen LogP contribution in [0.4, 0.5) is 5.69 Å². The van der Waals surface area contributed by atoms with E-state index >= 15 is 0 Å². The van der Waals surface area contributed by atoms with Gasteiger partial charge >= 0.3 is 0 Å². The molecule has 3 N–H and O–H groups in total. The Morgan fingerprint density at radius 3 is 2.74 bits per heavy atom. The first-order chi connectivity index (χ1) is 16.9. The number of aromatic hydroxyl groups is 1. The highest BCUT2D eigenvalue weighted by atomic mass is 16.5. The Bertz CT molecular complexity index is 1230. The fourth-order valence-corrected chi connectivity index (χ4v) is 4.92. The highest BCUT2D eigenvalue weighted by Gasteiger charge is 2.24. The first-order valence-electron chi connectivity index (χ1n) is 12.5. The molecule has 0 unspecified atom stereocenters. The molecule has 5 rings (SSSR count). The third-order valence-corrected chi connectivity index (χ3v) is 7.09. The van der Waals surface area contributed by atoms with Crippen LogP contribution in [0.2, 0.25) is 0 Å². The average molecular weight is 479 g/mol. The van der Waals surface area contributed by atoms with Crippen LogP contribution in [0.15, 0.2) is 35.6 Å². The standard InChI is InChI=1S/C26H34N6O3/c1-4-22(28-18-12-27-32(13-18)20-7-9-31(10-8-20)16(2)3)24-21-11-17(5-6-23(21)30-26(24)34)25(33)29-19-14-35-15-19/h5-6,11-13,16,19-20,30,34H,4,7-10,14-15H2,1-3H3,(H,29,33). The monoisotopic (exact) mass is 478 g/mol. The number of amides is 1. The number of nitrogens with one attached hydrogen (secondary N) is 2. The molecule has 2 aromatic heterocycles. The van der Waals surface area contributed by atoms with Crippen molar-refractivity contribution in [3.05, 3.63) is 41.7 Å². The Morgan fingerprint density at radius 2 is 2.09 bits per heavy atom. The van der Waals surface area contributed by atoms with Crippen molar-refractivity contribution >= 4 is 28.2 Å². The highest BCUT2D eigenvalue weighted by molar-refractivity contribution is 6.14. The van der Waals surface area contributed by atoms with Crippen LogP contribution in [-0.2, 0) is 4.74 Å². The van der Waals surface area contributed by atoms with E-state index in [1.165, 1.54) is 0 Å². The Balaban J connectivity index is 1.39. The van der Waals surface area contributed by atoms with Crippen molar-refractivity contribution in [1.29, 1.82) is 0 Å². The second-order valence-corrected chi connectivity index (χ2v) is 9.77. The van der Waals surface area contributed by atoms with E-state index in [0.717, 1.165) is 48.2 Å². The summed E-state index contributed by atoms with van der Waals surface area (Å²) < 4.78 is 7.18. The van der Waals surface area contributed by atoms with Crippen LogP contribution < -0.4 is 5.32 Å². The second-order valence-electron chi connectivity index (χ2n) is 9.77. The van der Waals surface area contributed by atoms with E-state index in [2.05, 4.69) is 34.1 Å². The van der Waals surface area contributed by atoms with Gasteiger partial charge in [-0.3, -0.25) is 9.48 Å². The van der Waals surface area contributed by atoms with Crippen molar-refractivity contribution in [2.45, 2.75) is 58.2 Å². The number of nitrogens with zero attached hydrogens (tertiary/aromatic N) is 4. The number of carbonyl (C=O) groups excluding carboxylic acids is 1. The molecular weight excluding hydrogens is 444 g/mol. The number of carbonyl (C=O) groups is 1. The van der Waals surface area contributed by atoms with Gasteiger partial charge in [-0.1, -0.05) is 6.92 Å². The molecule has 2 fully saturated rings. The third kappa shape index (κ3) is 4.83. The molecule has 2 aliphatic heterocycles. The zero-order valence-corrected chi connectivity index (χ0v) is 20.6. The van der Waals surface area contributed by atoms with Gasteiger partial charge in [0.15, 0.2) is 5.88 Å². The van der Waals surface area contributed by atoms with Crippen molar-refractivity contribution in [3.63, 3.8) is 0 Å². The number of benzene rings is 1. The van der Waals surface area contributed by atoms with Crippen LogP contribution in [0.5, 0.6) is 5.88 Å². The first kappa shape index (κ1) is 23.6. The number of ether oxygens (including phenoxy) is 1. The zero-order chi connectivity index (χ0) is 24.5. The fourth-order valence-electron chi connectivity index (χ4n) is 4.92. The Labute approximate surface area is 205 Å². The van der Waals surface area contributed by atoms with E-state index in [1.807, 2.05) is 29.9 Å². The normalized spacial score (nSPS) is 18.3. The number of aliphatic imine (C=N–C) groups is 1. The molecule has 3 aromatic rings. The number of likely N-dealkylation sites (tertiary alicyclic amines) is 1. The van der Waals surface area contributed by atoms with Crippen molar-refractivity contribution in [2.24, 2.45) is 4.99 Å². The molecule has 0 spiro atoms. The van der Waals surface area contributed by atoms with Gasteiger partial charge in [-0.2, -0.15) is 5.10 Å². The van der Waals surface area contributed by atoms with Crippen LogP contribution in [0.25, 0.3) is 10.9 Å². The molecule has 1 amide bonds. The number of fused-ring (bicyclic) bond motifs is 1. The molecule has 9 nitrogen and oxygen atoms in total. The number of aromatic amines is 1. The van der Waals surface area contributed by atoms with Crippen LogP contribution in [0, 0.1) is 0 Å². The third-order valence-electron chi connectivity index (χ3n) is 7.09. The number of hydrogen-bond acceptors (Lipinski definition) is 6. The van der Waals surface area contributed by atoms with Crippen LogP contribution in [0.3, 0.4) is 0 Å². The van der Waals surface area contributed by atoms with Gasteiger partial charge in [0.1, 0.15) is 5.69 Å². The average Bonchev–Trinajstić information content (AvgIpc) is 3.43. The summed E-state index contributed by atoms with van der Waals surface area (Å²) in [5.74, 6) is -0.0920. The van der Waals surface area contributed by atoms with Gasteiger partial charge in [0, 0.05) is 35.6 Å². The maximum Gasteiger partial charge on any atom is 0.251 e. The molecule has 0 bridgehead atoms. The summed E-state index contributed by atoms with van der Waals surface area (Å²) in [6.07, 6.45) is 6.55. The van der Waals surface area contributed by atoms with Crippen molar-refractivity contribution in [3.8, 4) is 5.88 Å². The largest absolute Gasteiger partial charge is 0.494 e. The minimum absolute atomic E-state index is 0.0546. The minimum atomic E-state index is -0.147. The lowest BCUT2D eigenvalue weighted by Crippen LogP contribution is -2.48. The van der Waals surface area contributed by atoms with Gasteiger partial charge in [-0.15, -0.1) is 0 Å². The molecular formula is C26H34N6O3.